The largest absolute Gasteiger partial charge is 0.417 e. The highest BCUT2D eigenvalue weighted by molar-refractivity contribution is 5.96. The first-order chi connectivity index (χ1) is 7.20. The maximum Gasteiger partial charge on any atom is 0.417 e. The molecule has 15 heavy (non-hydrogen) atoms. The molecule has 3 N–H and O–H groups in total. The molecule has 6 nitrogen and oxygen atoms in total. The first-order valence-electron chi connectivity index (χ1n) is 4.30. The number of hydrazine groups is 1. The van der Waals surface area contributed by atoms with Crippen molar-refractivity contribution in [3.63, 3.8) is 0 Å². The number of H-pyrrole nitrogens is 1. The fraction of sp³-hybridized carbons (Fsp3) is 0.111. The number of hydrogen-bond donors (Lipinski definition) is 3. The van der Waals surface area contributed by atoms with Crippen LogP contribution in [-0.4, -0.2) is 17.9 Å². The maximum atomic E-state index is 11.4. The summed E-state index contributed by atoms with van der Waals surface area (Å²) in [4.78, 5) is 24.7. The van der Waals surface area contributed by atoms with Gasteiger partial charge in [0.2, 0.25) is 0 Å². The average Bonchev–Trinajstić information content (AvgIpc) is 2.57. The first-order valence-corrected chi connectivity index (χ1v) is 4.30. The second-order valence-corrected chi connectivity index (χ2v) is 2.93. The molecule has 0 fully saturated rings. The third kappa shape index (κ3) is 1.75. The van der Waals surface area contributed by atoms with Crippen LogP contribution in [0.2, 0.25) is 0 Å². The fourth-order valence-electron chi connectivity index (χ4n) is 1.27. The molecule has 1 heterocycles. The lowest BCUT2D eigenvalue weighted by atomic mass is 10.2. The zero-order valence-corrected chi connectivity index (χ0v) is 7.96. The van der Waals surface area contributed by atoms with Gasteiger partial charge in [0.05, 0.1) is 5.52 Å². The molecule has 0 spiro atoms. The number of aromatic amines is 1. The molecule has 6 heteroatoms. The standard InChI is InChI=1S/C9H9N3O3/c1-10-12-8(13)5-2-3-6-7(4-5)15-9(14)11-6/h2-4,10H,1H3,(H,11,14)(H,12,13). The van der Waals surface area contributed by atoms with Crippen molar-refractivity contribution in [3.05, 3.63) is 34.3 Å². The molecule has 0 bridgehead atoms. The van der Waals surface area contributed by atoms with Gasteiger partial charge in [0.25, 0.3) is 5.91 Å². The Morgan fingerprint density at radius 2 is 2.27 bits per heavy atom. The summed E-state index contributed by atoms with van der Waals surface area (Å²) in [7, 11) is 1.59. The van der Waals surface area contributed by atoms with E-state index < -0.39 is 5.76 Å². The maximum absolute atomic E-state index is 11.4. The lowest BCUT2D eigenvalue weighted by molar-refractivity contribution is 0.0938. The number of nitrogens with one attached hydrogen (secondary N) is 3. The van der Waals surface area contributed by atoms with Crippen molar-refractivity contribution in [1.29, 1.82) is 0 Å². The lowest BCUT2D eigenvalue weighted by Crippen LogP contribution is -2.33. The second-order valence-electron chi connectivity index (χ2n) is 2.93. The van der Waals surface area contributed by atoms with Crippen LogP contribution in [0.15, 0.2) is 27.4 Å². The van der Waals surface area contributed by atoms with Gasteiger partial charge in [-0.15, -0.1) is 0 Å². The number of carbonyl (C=O) groups excluding carboxylic acids is 1. The van der Waals surface area contributed by atoms with Gasteiger partial charge in [0.1, 0.15) is 0 Å². The zero-order valence-electron chi connectivity index (χ0n) is 7.96. The lowest BCUT2D eigenvalue weighted by Gasteiger charge is -2.01. The summed E-state index contributed by atoms with van der Waals surface area (Å²) in [6, 6.07) is 4.71. The zero-order chi connectivity index (χ0) is 10.8. The van der Waals surface area contributed by atoms with E-state index in [1.165, 1.54) is 6.07 Å². The molecule has 1 aromatic heterocycles. The predicted molar refractivity (Wildman–Crippen MR) is 53.4 cm³/mol. The minimum Gasteiger partial charge on any atom is -0.408 e. The number of rotatable bonds is 2. The monoisotopic (exact) mass is 207 g/mol. The highest BCUT2D eigenvalue weighted by atomic mass is 16.4. The van der Waals surface area contributed by atoms with E-state index in [9.17, 15) is 9.59 Å². The Morgan fingerprint density at radius 1 is 1.47 bits per heavy atom. The van der Waals surface area contributed by atoms with Gasteiger partial charge in [0.15, 0.2) is 5.58 Å². The van der Waals surface area contributed by atoms with Gasteiger partial charge < -0.3 is 4.42 Å². The van der Waals surface area contributed by atoms with E-state index in [1.807, 2.05) is 0 Å². The quantitative estimate of drug-likeness (QED) is 0.604. The summed E-state index contributed by atoms with van der Waals surface area (Å²) in [6.07, 6.45) is 0. The Balaban J connectivity index is 2.46. The van der Waals surface area contributed by atoms with E-state index in [4.69, 9.17) is 4.42 Å². The number of oxazole rings is 1. The van der Waals surface area contributed by atoms with Crippen molar-refractivity contribution in [2.75, 3.05) is 7.05 Å². The SMILES string of the molecule is CNNC(=O)c1ccc2[nH]c(=O)oc2c1. The molecule has 0 aliphatic rings. The Hall–Kier alpha value is -2.08. The first kappa shape index (κ1) is 9.47. The Labute approximate surface area is 84.2 Å². The molecule has 78 valence electrons. The average molecular weight is 207 g/mol. The van der Waals surface area contributed by atoms with E-state index in [-0.39, 0.29) is 5.91 Å². The number of aromatic nitrogens is 1. The van der Waals surface area contributed by atoms with Crippen LogP contribution in [0.1, 0.15) is 10.4 Å². The van der Waals surface area contributed by atoms with Crippen molar-refractivity contribution in [2.24, 2.45) is 0 Å². The van der Waals surface area contributed by atoms with Crippen molar-refractivity contribution in [3.8, 4) is 0 Å². The van der Waals surface area contributed by atoms with Crippen LogP contribution < -0.4 is 16.6 Å². The highest BCUT2D eigenvalue weighted by Gasteiger charge is 2.07. The third-order valence-corrected chi connectivity index (χ3v) is 1.92. The molecule has 0 saturated carbocycles. The van der Waals surface area contributed by atoms with Crippen molar-refractivity contribution in [2.45, 2.75) is 0 Å². The summed E-state index contributed by atoms with van der Waals surface area (Å²) >= 11 is 0. The number of hydrogen-bond acceptors (Lipinski definition) is 4. The van der Waals surface area contributed by atoms with Crippen molar-refractivity contribution >= 4 is 17.0 Å². The Bertz CT molecular complexity index is 555. The van der Waals surface area contributed by atoms with Crippen molar-refractivity contribution < 1.29 is 9.21 Å². The normalized spacial score (nSPS) is 10.5. The molecule has 1 amide bonds. The van der Waals surface area contributed by atoms with Gasteiger partial charge in [-0.25, -0.2) is 10.2 Å². The highest BCUT2D eigenvalue weighted by Crippen LogP contribution is 2.11. The molecular formula is C9H9N3O3. The van der Waals surface area contributed by atoms with Crippen molar-refractivity contribution in [1.82, 2.24) is 15.8 Å². The smallest absolute Gasteiger partial charge is 0.408 e. The van der Waals surface area contributed by atoms with Crippen LogP contribution in [0.3, 0.4) is 0 Å². The minimum atomic E-state index is -0.531. The second kappa shape index (κ2) is 3.58. The molecule has 2 aromatic rings. The minimum absolute atomic E-state index is 0.289. The van der Waals surface area contributed by atoms with Crippen LogP contribution in [0.5, 0.6) is 0 Å². The number of benzene rings is 1. The molecule has 1 aromatic carbocycles. The molecule has 2 rings (SSSR count). The van der Waals surface area contributed by atoms with Crippen LogP contribution in [0.4, 0.5) is 0 Å². The van der Waals surface area contributed by atoms with E-state index in [2.05, 4.69) is 15.8 Å². The van der Waals surface area contributed by atoms with Gasteiger partial charge in [-0.1, -0.05) is 0 Å². The molecule has 0 atom stereocenters. The number of amides is 1. The predicted octanol–water partition coefficient (Wildman–Crippen LogP) is -0.0147. The van der Waals surface area contributed by atoms with Gasteiger partial charge >= 0.3 is 5.76 Å². The molecule has 0 radical (unpaired) electrons. The Morgan fingerprint density at radius 3 is 3.00 bits per heavy atom. The summed E-state index contributed by atoms with van der Waals surface area (Å²) < 4.78 is 4.83. The Kier molecular flexibility index (Phi) is 2.26. The summed E-state index contributed by atoms with van der Waals surface area (Å²) in [5.41, 5.74) is 6.29. The topological polar surface area (TPSA) is 87.1 Å². The van der Waals surface area contributed by atoms with Crippen LogP contribution >= 0.6 is 0 Å². The summed E-state index contributed by atoms with van der Waals surface area (Å²) in [5, 5.41) is 0. The molecule has 0 aliphatic heterocycles. The van der Waals surface area contributed by atoms with Crippen LogP contribution in [0, 0.1) is 0 Å². The van der Waals surface area contributed by atoms with Crippen LogP contribution in [-0.2, 0) is 0 Å². The fourth-order valence-corrected chi connectivity index (χ4v) is 1.27. The summed E-state index contributed by atoms with van der Waals surface area (Å²) in [6.45, 7) is 0. The molecule has 0 saturated heterocycles. The van der Waals surface area contributed by atoms with E-state index >= 15 is 0 Å². The van der Waals surface area contributed by atoms with E-state index in [1.54, 1.807) is 19.2 Å². The van der Waals surface area contributed by atoms with E-state index in [0.717, 1.165) is 0 Å². The molecule has 0 aliphatic carbocycles. The van der Waals surface area contributed by atoms with Gasteiger partial charge in [-0.2, -0.15) is 0 Å². The number of fused-ring (bicyclic) bond motifs is 1. The number of carbonyl (C=O) groups is 1. The third-order valence-electron chi connectivity index (χ3n) is 1.92. The van der Waals surface area contributed by atoms with Gasteiger partial charge in [-0.3, -0.25) is 15.2 Å². The molecular weight excluding hydrogens is 198 g/mol. The van der Waals surface area contributed by atoms with Crippen LogP contribution in [0.25, 0.3) is 11.1 Å². The van der Waals surface area contributed by atoms with Gasteiger partial charge in [-0.05, 0) is 18.2 Å². The van der Waals surface area contributed by atoms with E-state index in [0.29, 0.717) is 16.7 Å². The van der Waals surface area contributed by atoms with Gasteiger partial charge in [0, 0.05) is 12.6 Å². The summed E-state index contributed by atoms with van der Waals surface area (Å²) in [5.74, 6) is -0.820. The molecule has 0 unspecified atom stereocenters.